The summed E-state index contributed by atoms with van der Waals surface area (Å²) in [4.78, 5) is 24.1. The first-order valence-corrected chi connectivity index (χ1v) is 9.14. The molecule has 5 rings (SSSR count). The van der Waals surface area contributed by atoms with E-state index in [1.54, 1.807) is 4.68 Å². The van der Waals surface area contributed by atoms with Crippen molar-refractivity contribution < 1.29 is 9.90 Å². The molecule has 0 saturated carbocycles. The molecule has 27 heavy (non-hydrogen) atoms. The number of carboxylic acid groups (broad SMARTS) is 1. The number of rotatable bonds is 2. The lowest BCUT2D eigenvalue weighted by Gasteiger charge is -2.33. The van der Waals surface area contributed by atoms with Crippen LogP contribution in [0.5, 0.6) is 0 Å². The van der Waals surface area contributed by atoms with Gasteiger partial charge in [-0.05, 0) is 25.5 Å². The van der Waals surface area contributed by atoms with E-state index >= 15 is 0 Å². The van der Waals surface area contributed by atoms with Gasteiger partial charge in [0.05, 0.1) is 17.6 Å². The van der Waals surface area contributed by atoms with Crippen LogP contribution in [-0.2, 0) is 0 Å². The van der Waals surface area contributed by atoms with Crippen LogP contribution in [0.1, 0.15) is 12.2 Å². The molecule has 0 spiro atoms. The Hall–Kier alpha value is -2.87. The quantitative estimate of drug-likeness (QED) is 0.731. The molecule has 2 bridgehead atoms. The number of aryl methyl sites for hydroxylation is 1. The highest BCUT2D eigenvalue weighted by Gasteiger charge is 2.46. The number of nitrogens with zero attached hydrogens (tertiary/aromatic N) is 6. The molecule has 2 saturated heterocycles. The van der Waals surface area contributed by atoms with E-state index in [0.717, 1.165) is 23.1 Å². The third-order valence-electron chi connectivity index (χ3n) is 5.35. The van der Waals surface area contributed by atoms with Crippen molar-refractivity contribution >= 4 is 34.4 Å². The largest absolute Gasteiger partial charge is 0.465 e. The Kier molecular flexibility index (Phi) is 3.51. The van der Waals surface area contributed by atoms with Gasteiger partial charge in [-0.25, -0.2) is 19.4 Å². The number of likely N-dealkylation sites (tertiary alicyclic amines) is 1. The van der Waals surface area contributed by atoms with E-state index in [9.17, 15) is 9.90 Å². The zero-order valence-electron chi connectivity index (χ0n) is 14.6. The third-order valence-corrected chi connectivity index (χ3v) is 5.63. The number of piperazine rings is 1. The predicted octanol–water partition coefficient (Wildman–Crippen LogP) is 2.72. The number of amides is 1. The van der Waals surface area contributed by atoms with Crippen molar-refractivity contribution in [2.45, 2.75) is 25.4 Å². The van der Waals surface area contributed by atoms with Gasteiger partial charge in [-0.3, -0.25) is 0 Å². The molecule has 2 aromatic heterocycles. The minimum atomic E-state index is -0.848. The zero-order valence-corrected chi connectivity index (χ0v) is 15.3. The summed E-state index contributed by atoms with van der Waals surface area (Å²) in [7, 11) is 0. The Morgan fingerprint density at radius 2 is 1.96 bits per heavy atom. The Morgan fingerprint density at radius 1 is 1.19 bits per heavy atom. The molecule has 2 aliphatic rings. The maximum Gasteiger partial charge on any atom is 0.407 e. The number of carbonyl (C=O) groups is 1. The van der Waals surface area contributed by atoms with Crippen LogP contribution in [0.15, 0.2) is 30.3 Å². The Morgan fingerprint density at radius 3 is 2.70 bits per heavy atom. The van der Waals surface area contributed by atoms with Crippen molar-refractivity contribution in [1.29, 1.82) is 0 Å². The van der Waals surface area contributed by atoms with E-state index < -0.39 is 6.09 Å². The fourth-order valence-electron chi connectivity index (χ4n) is 4.18. The number of fused-ring (bicyclic) bond motifs is 3. The summed E-state index contributed by atoms with van der Waals surface area (Å²) >= 11 is 6.28. The highest BCUT2D eigenvalue weighted by molar-refractivity contribution is 6.34. The van der Waals surface area contributed by atoms with E-state index in [1.807, 2.05) is 37.3 Å². The maximum absolute atomic E-state index is 11.3. The van der Waals surface area contributed by atoms with Gasteiger partial charge in [0.2, 0.25) is 0 Å². The molecule has 1 amide bonds. The van der Waals surface area contributed by atoms with Gasteiger partial charge >= 0.3 is 6.09 Å². The molecule has 2 atom stereocenters. The van der Waals surface area contributed by atoms with Crippen molar-refractivity contribution in [3.8, 4) is 5.82 Å². The topological polar surface area (TPSA) is 87.4 Å². The Bertz CT molecular complexity index is 1070. The first kappa shape index (κ1) is 16.3. The van der Waals surface area contributed by atoms with Crippen LogP contribution in [0.25, 0.3) is 16.7 Å². The van der Waals surface area contributed by atoms with Crippen molar-refractivity contribution in [2.75, 3.05) is 18.0 Å². The zero-order chi connectivity index (χ0) is 18.7. The number of hydrogen-bond donors (Lipinski definition) is 1. The van der Waals surface area contributed by atoms with Crippen LogP contribution in [0.3, 0.4) is 0 Å². The van der Waals surface area contributed by atoms with Crippen molar-refractivity contribution in [1.82, 2.24) is 24.6 Å². The highest BCUT2D eigenvalue weighted by atomic mass is 35.5. The second-order valence-corrected chi connectivity index (χ2v) is 7.34. The molecule has 4 heterocycles. The molecular weight excluding hydrogens is 368 g/mol. The number of hydrogen-bond acceptors (Lipinski definition) is 5. The molecule has 2 fully saturated rings. The van der Waals surface area contributed by atoms with Crippen molar-refractivity contribution in [2.24, 2.45) is 0 Å². The first-order chi connectivity index (χ1) is 13.0. The lowest BCUT2D eigenvalue weighted by Crippen LogP contribution is -2.48. The van der Waals surface area contributed by atoms with Gasteiger partial charge in [0.1, 0.15) is 11.6 Å². The summed E-state index contributed by atoms with van der Waals surface area (Å²) in [5.74, 6) is 2.08. The SMILES string of the molecule is Cc1nc(N2CC3CC2CN3C(=O)O)cc(-n2nc(Cl)c3ccccc32)n1. The van der Waals surface area contributed by atoms with Gasteiger partial charge < -0.3 is 14.9 Å². The Labute approximate surface area is 160 Å². The van der Waals surface area contributed by atoms with E-state index in [4.69, 9.17) is 11.6 Å². The first-order valence-electron chi connectivity index (χ1n) is 8.77. The molecule has 2 aliphatic heterocycles. The molecule has 0 aliphatic carbocycles. The smallest absolute Gasteiger partial charge is 0.407 e. The summed E-state index contributed by atoms with van der Waals surface area (Å²) in [6.45, 7) is 3.00. The normalized spacial score (nSPS) is 21.4. The average molecular weight is 385 g/mol. The van der Waals surface area contributed by atoms with Gasteiger partial charge in [-0.15, -0.1) is 0 Å². The van der Waals surface area contributed by atoms with Crippen LogP contribution in [-0.4, -0.2) is 61.0 Å². The van der Waals surface area contributed by atoms with Crippen LogP contribution < -0.4 is 4.90 Å². The van der Waals surface area contributed by atoms with Gasteiger partial charge in [-0.1, -0.05) is 23.7 Å². The molecule has 3 aromatic rings. The molecule has 138 valence electrons. The summed E-state index contributed by atoms with van der Waals surface area (Å²) in [6, 6.07) is 9.80. The number of halogens is 1. The maximum atomic E-state index is 11.3. The van der Waals surface area contributed by atoms with E-state index in [2.05, 4.69) is 20.0 Å². The summed E-state index contributed by atoms with van der Waals surface area (Å²) < 4.78 is 1.73. The molecule has 8 nitrogen and oxygen atoms in total. The number of aromatic nitrogens is 4. The van der Waals surface area contributed by atoms with Crippen molar-refractivity contribution in [3.05, 3.63) is 41.3 Å². The Balaban J connectivity index is 1.54. The average Bonchev–Trinajstić information content (AvgIpc) is 3.34. The van der Waals surface area contributed by atoms with Gasteiger partial charge in [-0.2, -0.15) is 5.10 Å². The van der Waals surface area contributed by atoms with Crippen LogP contribution in [0, 0.1) is 6.92 Å². The van der Waals surface area contributed by atoms with E-state index in [0.29, 0.717) is 29.9 Å². The van der Waals surface area contributed by atoms with Crippen LogP contribution in [0.2, 0.25) is 5.15 Å². The lowest BCUT2D eigenvalue weighted by molar-refractivity contribution is 0.137. The standard InChI is InChI=1S/C18H17ClN6O2/c1-10-20-15(23-8-12-6-11(23)9-24(12)18(26)27)7-16(21-10)25-14-5-3-2-4-13(14)17(19)22-25/h2-5,7,11-12H,6,8-9H2,1H3,(H,26,27). The fraction of sp³-hybridized carbons (Fsp3) is 0.333. The minimum absolute atomic E-state index is 0.0196. The van der Waals surface area contributed by atoms with Crippen LogP contribution in [0.4, 0.5) is 10.6 Å². The summed E-state index contributed by atoms with van der Waals surface area (Å²) in [6.07, 6.45) is -0.0133. The molecule has 2 unspecified atom stereocenters. The molecule has 1 aromatic carbocycles. The van der Waals surface area contributed by atoms with Crippen molar-refractivity contribution in [3.63, 3.8) is 0 Å². The number of para-hydroxylation sites is 1. The molecular formula is C18H17ClN6O2. The van der Waals surface area contributed by atoms with Gasteiger partial charge in [0.15, 0.2) is 11.0 Å². The molecule has 1 N–H and O–H groups in total. The molecule has 0 radical (unpaired) electrons. The minimum Gasteiger partial charge on any atom is -0.465 e. The van der Waals surface area contributed by atoms with Crippen LogP contribution >= 0.6 is 11.6 Å². The number of anilines is 1. The third kappa shape index (κ3) is 2.51. The second kappa shape index (κ2) is 5.82. The number of benzene rings is 1. The van der Waals surface area contributed by atoms with E-state index in [1.165, 1.54) is 4.90 Å². The van der Waals surface area contributed by atoms with Gasteiger partial charge in [0.25, 0.3) is 0 Å². The summed E-state index contributed by atoms with van der Waals surface area (Å²) in [5, 5.41) is 15.0. The highest BCUT2D eigenvalue weighted by Crippen LogP contribution is 2.34. The lowest BCUT2D eigenvalue weighted by atomic mass is 10.2. The van der Waals surface area contributed by atoms with E-state index in [-0.39, 0.29) is 12.1 Å². The van der Waals surface area contributed by atoms with Gasteiger partial charge in [0, 0.05) is 24.5 Å². The second-order valence-electron chi connectivity index (χ2n) is 6.98. The summed E-state index contributed by atoms with van der Waals surface area (Å²) in [5.41, 5.74) is 0.881. The molecule has 9 heteroatoms. The fourth-order valence-corrected chi connectivity index (χ4v) is 4.41. The monoisotopic (exact) mass is 384 g/mol. The predicted molar refractivity (Wildman–Crippen MR) is 101 cm³/mol.